The highest BCUT2D eigenvalue weighted by molar-refractivity contribution is 5.99. The van der Waals surface area contributed by atoms with E-state index < -0.39 is 29.2 Å². The molecule has 0 radical (unpaired) electrons. The fourth-order valence-electron chi connectivity index (χ4n) is 4.07. The summed E-state index contributed by atoms with van der Waals surface area (Å²) in [6.07, 6.45) is 0.913. The Kier molecular flexibility index (Phi) is 5.83. The topological polar surface area (TPSA) is 121 Å². The van der Waals surface area contributed by atoms with Gasteiger partial charge in [-0.25, -0.2) is 9.07 Å². The fourth-order valence-corrected chi connectivity index (χ4v) is 4.07. The number of halogens is 1. The summed E-state index contributed by atoms with van der Waals surface area (Å²) in [6.45, 7) is 1.68. The van der Waals surface area contributed by atoms with Gasteiger partial charge in [0.05, 0.1) is 42.9 Å². The van der Waals surface area contributed by atoms with Gasteiger partial charge >= 0.3 is 0 Å². The Hall–Kier alpha value is -4.41. The molecule has 36 heavy (non-hydrogen) atoms. The molecule has 2 amide bonds. The molecule has 2 N–H and O–H groups in total. The molecule has 0 bridgehead atoms. The van der Waals surface area contributed by atoms with Crippen molar-refractivity contribution >= 4 is 22.7 Å². The number of hydrogen-bond acceptors (Lipinski definition) is 7. The highest BCUT2D eigenvalue weighted by Gasteiger charge is 2.52. The third-order valence-corrected chi connectivity index (χ3v) is 6.25. The van der Waals surface area contributed by atoms with Crippen LogP contribution in [0.4, 0.5) is 4.39 Å². The highest BCUT2D eigenvalue weighted by Crippen LogP contribution is 2.37. The third-order valence-electron chi connectivity index (χ3n) is 6.25. The van der Waals surface area contributed by atoms with Crippen LogP contribution in [0, 0.1) is 5.82 Å². The van der Waals surface area contributed by atoms with Crippen LogP contribution >= 0.6 is 0 Å². The van der Waals surface area contributed by atoms with Crippen molar-refractivity contribution in [1.29, 1.82) is 0 Å². The van der Waals surface area contributed by atoms with E-state index in [1.54, 1.807) is 23.7 Å². The van der Waals surface area contributed by atoms with Crippen LogP contribution in [0.15, 0.2) is 53.1 Å². The number of fused-ring (bicyclic) bond motifs is 1. The first-order valence-electron chi connectivity index (χ1n) is 11.3. The van der Waals surface area contributed by atoms with Gasteiger partial charge in [0, 0.05) is 5.56 Å². The Morgan fingerprint density at radius 3 is 2.58 bits per heavy atom. The van der Waals surface area contributed by atoms with Crippen LogP contribution in [0.2, 0.25) is 0 Å². The lowest BCUT2D eigenvalue weighted by Gasteiger charge is -2.21. The summed E-state index contributed by atoms with van der Waals surface area (Å²) in [4.78, 5) is 25.4. The second-order valence-electron chi connectivity index (χ2n) is 8.61. The van der Waals surface area contributed by atoms with E-state index in [-0.39, 0.29) is 11.6 Å². The average molecular weight is 493 g/mol. The van der Waals surface area contributed by atoms with E-state index in [0.717, 1.165) is 10.9 Å². The quantitative estimate of drug-likeness (QED) is 0.386. The number of nitrogens with zero attached hydrogens (tertiary/aromatic N) is 3. The molecule has 2 aromatic heterocycles. The largest absolute Gasteiger partial charge is 0.479 e. The summed E-state index contributed by atoms with van der Waals surface area (Å²) in [5.41, 5.74) is 0.519. The Morgan fingerprint density at radius 2 is 1.92 bits per heavy atom. The molecular formula is C25H24FN5O5. The van der Waals surface area contributed by atoms with Crippen LogP contribution in [0.3, 0.4) is 0 Å². The van der Waals surface area contributed by atoms with Crippen molar-refractivity contribution in [2.24, 2.45) is 0 Å². The Bertz CT molecular complexity index is 1460. The molecule has 5 rings (SSSR count). The number of nitrogens with one attached hydrogen (secondary N) is 2. The van der Waals surface area contributed by atoms with Crippen LogP contribution in [-0.4, -0.2) is 46.5 Å². The summed E-state index contributed by atoms with van der Waals surface area (Å²) < 4.78 is 32.0. The smallest absolute Gasteiger partial charge is 0.290 e. The predicted molar refractivity (Wildman–Crippen MR) is 127 cm³/mol. The molecule has 1 fully saturated rings. The van der Waals surface area contributed by atoms with Crippen molar-refractivity contribution in [2.45, 2.75) is 31.3 Å². The number of carbonyl (C=O) groups excluding carboxylic acids is 2. The van der Waals surface area contributed by atoms with Gasteiger partial charge in [0.15, 0.2) is 0 Å². The molecule has 1 atom stereocenters. The van der Waals surface area contributed by atoms with Gasteiger partial charge in [-0.1, -0.05) is 18.2 Å². The number of hydrogen-bond donors (Lipinski definition) is 2. The normalized spacial score (nSPS) is 14.8. The molecule has 4 aromatic rings. The van der Waals surface area contributed by atoms with Gasteiger partial charge in [0.1, 0.15) is 11.4 Å². The lowest BCUT2D eigenvalue weighted by molar-refractivity contribution is -0.124. The maximum absolute atomic E-state index is 15.2. The van der Waals surface area contributed by atoms with Crippen LogP contribution < -0.4 is 20.1 Å². The molecule has 2 heterocycles. The number of aromatic nitrogens is 3. The third kappa shape index (κ3) is 4.12. The summed E-state index contributed by atoms with van der Waals surface area (Å²) in [5, 5.41) is 14.3. The maximum Gasteiger partial charge on any atom is 0.290 e. The summed E-state index contributed by atoms with van der Waals surface area (Å²) in [6, 6.07) is 12.9. The van der Waals surface area contributed by atoms with Gasteiger partial charge in [-0.2, -0.15) is 0 Å². The summed E-state index contributed by atoms with van der Waals surface area (Å²) in [5.74, 6) is -0.950. The lowest BCUT2D eigenvalue weighted by Crippen LogP contribution is -2.49. The minimum Gasteiger partial charge on any atom is -0.479 e. The zero-order valence-electron chi connectivity index (χ0n) is 19.9. The monoisotopic (exact) mass is 493 g/mol. The summed E-state index contributed by atoms with van der Waals surface area (Å²) >= 11 is 0. The van der Waals surface area contributed by atoms with E-state index in [9.17, 15) is 9.59 Å². The number of rotatable bonds is 8. The van der Waals surface area contributed by atoms with Gasteiger partial charge in [-0.05, 0) is 49.2 Å². The van der Waals surface area contributed by atoms with Crippen molar-refractivity contribution in [3.8, 4) is 17.4 Å². The first-order chi connectivity index (χ1) is 17.3. The molecule has 11 heteroatoms. The lowest BCUT2D eigenvalue weighted by atomic mass is 10.1. The van der Waals surface area contributed by atoms with Crippen LogP contribution in [-0.2, 0) is 4.79 Å². The molecule has 1 aliphatic rings. The highest BCUT2D eigenvalue weighted by atomic mass is 19.1. The van der Waals surface area contributed by atoms with Crippen molar-refractivity contribution in [3.05, 3.63) is 65.7 Å². The first-order valence-corrected chi connectivity index (χ1v) is 11.3. The van der Waals surface area contributed by atoms with Crippen molar-refractivity contribution in [3.63, 3.8) is 0 Å². The molecule has 0 spiro atoms. The van der Waals surface area contributed by atoms with E-state index >= 15 is 4.39 Å². The second-order valence-corrected chi connectivity index (χ2v) is 8.61. The number of methoxy groups -OCH3 is 2. The summed E-state index contributed by atoms with van der Waals surface area (Å²) in [7, 11) is 2.93. The molecule has 1 saturated carbocycles. The van der Waals surface area contributed by atoms with E-state index in [1.807, 2.05) is 24.3 Å². The van der Waals surface area contributed by atoms with Gasteiger partial charge in [-0.3, -0.25) is 9.59 Å². The Morgan fingerprint density at radius 1 is 1.14 bits per heavy atom. The zero-order chi connectivity index (χ0) is 25.4. The molecule has 0 saturated heterocycles. The number of ether oxygens (including phenoxy) is 2. The minimum atomic E-state index is -1.08. The first kappa shape index (κ1) is 23.3. The van der Waals surface area contributed by atoms with E-state index in [4.69, 9.17) is 14.0 Å². The van der Waals surface area contributed by atoms with Gasteiger partial charge in [0.2, 0.25) is 17.5 Å². The van der Waals surface area contributed by atoms with Crippen LogP contribution in [0.5, 0.6) is 11.8 Å². The van der Waals surface area contributed by atoms with Gasteiger partial charge in [0.25, 0.3) is 11.8 Å². The Labute approximate surface area is 205 Å². The van der Waals surface area contributed by atoms with Crippen molar-refractivity contribution in [1.82, 2.24) is 25.6 Å². The fraction of sp³-hybridized carbons (Fsp3) is 0.280. The average Bonchev–Trinajstić information content (AvgIpc) is 3.34. The standard InChI is InChI=1S/C25H24FN5O5/c1-14(27-24(33)25(10-11-25)28-22(32)20-13-21(34-2)30-36-20)16-9-8-15(12-18(16)26)31-19-7-5-4-6-17(19)23(29-31)35-3/h4-9,12-14H,10-11H2,1-3H3,(H,27,33)(H,28,32)/t14-/m1/s1. The molecule has 186 valence electrons. The molecule has 10 nitrogen and oxygen atoms in total. The van der Waals surface area contributed by atoms with Gasteiger partial charge < -0.3 is 24.6 Å². The SMILES string of the molecule is COc1cc(C(=O)NC2(C(=O)N[C@H](C)c3ccc(-n4nc(OC)c5ccccc54)cc3F)CC2)on1. The predicted octanol–water partition coefficient (Wildman–Crippen LogP) is 3.31. The molecular weight excluding hydrogens is 469 g/mol. The number of carbonyl (C=O) groups is 2. The number of amides is 2. The van der Waals surface area contributed by atoms with Crippen LogP contribution in [0.25, 0.3) is 16.6 Å². The van der Waals surface area contributed by atoms with E-state index in [1.165, 1.54) is 26.4 Å². The second kappa shape index (κ2) is 8.99. The van der Waals surface area contributed by atoms with Gasteiger partial charge in [-0.15, -0.1) is 5.10 Å². The number of para-hydroxylation sites is 1. The molecule has 1 aliphatic carbocycles. The molecule has 2 aromatic carbocycles. The number of benzene rings is 2. The maximum atomic E-state index is 15.2. The zero-order valence-corrected chi connectivity index (χ0v) is 19.9. The molecule has 0 aliphatic heterocycles. The van der Waals surface area contributed by atoms with Crippen LogP contribution in [0.1, 0.15) is 41.9 Å². The minimum absolute atomic E-state index is 0.0663. The van der Waals surface area contributed by atoms with E-state index in [2.05, 4.69) is 20.9 Å². The van der Waals surface area contributed by atoms with E-state index in [0.29, 0.717) is 30.0 Å². The Balaban J connectivity index is 1.31. The van der Waals surface area contributed by atoms with Crippen molar-refractivity contribution in [2.75, 3.05) is 14.2 Å². The molecule has 0 unspecified atom stereocenters. The van der Waals surface area contributed by atoms with Crippen molar-refractivity contribution < 1.29 is 28.0 Å².